The average molecular weight is 286 g/mol. The Morgan fingerprint density at radius 2 is 1.55 bits per heavy atom. The van der Waals surface area contributed by atoms with Crippen LogP contribution in [-0.4, -0.2) is 0 Å². The minimum atomic E-state index is 0.648. The van der Waals surface area contributed by atoms with E-state index in [1.54, 1.807) is 0 Å². The monoisotopic (exact) mass is 286 g/mol. The summed E-state index contributed by atoms with van der Waals surface area (Å²) in [6.45, 7) is 2.89. The lowest BCUT2D eigenvalue weighted by molar-refractivity contribution is 0.364. The maximum Gasteiger partial charge on any atom is 0.0869 e. The zero-order valence-electron chi connectivity index (χ0n) is 12.0. The van der Waals surface area contributed by atoms with Gasteiger partial charge in [-0.15, -0.1) is 0 Å². The van der Waals surface area contributed by atoms with Crippen LogP contribution in [-0.2, 0) is 17.2 Å². The number of rotatable bonds is 8. The fraction of sp³-hybridized carbons (Fsp3) is 0.333. The summed E-state index contributed by atoms with van der Waals surface area (Å²) in [6, 6.07) is 19.0. The van der Waals surface area contributed by atoms with Crippen LogP contribution in [0.4, 0.5) is 0 Å². The third-order valence-electron chi connectivity index (χ3n) is 3.22. The first-order valence-electron chi connectivity index (χ1n) is 7.31. The molecule has 0 aliphatic rings. The Balaban J connectivity index is 1.73. The molecule has 20 heavy (non-hydrogen) atoms. The van der Waals surface area contributed by atoms with Crippen molar-refractivity contribution in [2.24, 2.45) is 0 Å². The van der Waals surface area contributed by atoms with Crippen LogP contribution < -0.4 is 0 Å². The van der Waals surface area contributed by atoms with E-state index in [1.165, 1.54) is 48.9 Å². The molecule has 2 aromatic carbocycles. The van der Waals surface area contributed by atoms with E-state index >= 15 is 0 Å². The van der Waals surface area contributed by atoms with Gasteiger partial charge in [-0.2, -0.15) is 0 Å². The van der Waals surface area contributed by atoms with Crippen molar-refractivity contribution >= 4 is 12.0 Å². The summed E-state index contributed by atoms with van der Waals surface area (Å²) in [5.41, 5.74) is 2.66. The van der Waals surface area contributed by atoms with Gasteiger partial charge in [-0.05, 0) is 36.1 Å². The van der Waals surface area contributed by atoms with Crippen LogP contribution in [0.5, 0.6) is 0 Å². The van der Waals surface area contributed by atoms with Gasteiger partial charge in [0.15, 0.2) is 0 Å². The highest BCUT2D eigenvalue weighted by Gasteiger charge is 1.98. The van der Waals surface area contributed by atoms with Crippen molar-refractivity contribution in [3.05, 3.63) is 65.7 Å². The molecule has 106 valence electrons. The van der Waals surface area contributed by atoms with Crippen LogP contribution in [0.25, 0.3) is 0 Å². The Morgan fingerprint density at radius 1 is 0.850 bits per heavy atom. The van der Waals surface area contributed by atoms with Gasteiger partial charge in [0, 0.05) is 16.9 Å². The topological polar surface area (TPSA) is 9.23 Å². The molecule has 0 N–H and O–H groups in total. The van der Waals surface area contributed by atoms with Crippen LogP contribution >= 0.6 is 12.0 Å². The minimum Gasteiger partial charge on any atom is -0.305 e. The van der Waals surface area contributed by atoms with Crippen molar-refractivity contribution in [2.75, 3.05) is 0 Å². The summed E-state index contributed by atoms with van der Waals surface area (Å²) in [5.74, 6) is 0. The van der Waals surface area contributed by atoms with Crippen LogP contribution in [0, 0.1) is 0 Å². The quantitative estimate of drug-likeness (QED) is 0.458. The maximum atomic E-state index is 5.66. The summed E-state index contributed by atoms with van der Waals surface area (Å²) in [7, 11) is 0. The van der Waals surface area contributed by atoms with Gasteiger partial charge >= 0.3 is 0 Å². The molecule has 0 aliphatic carbocycles. The lowest BCUT2D eigenvalue weighted by Gasteiger charge is -2.05. The molecule has 0 atom stereocenters. The summed E-state index contributed by atoms with van der Waals surface area (Å²) in [5, 5.41) is 0. The van der Waals surface area contributed by atoms with Gasteiger partial charge in [0.1, 0.15) is 0 Å². The van der Waals surface area contributed by atoms with Gasteiger partial charge in [-0.1, -0.05) is 62.2 Å². The number of hydrogen-bond acceptors (Lipinski definition) is 2. The van der Waals surface area contributed by atoms with Crippen LogP contribution in [0.3, 0.4) is 0 Å². The third kappa shape index (κ3) is 5.40. The predicted molar refractivity (Wildman–Crippen MR) is 86.8 cm³/mol. The van der Waals surface area contributed by atoms with Gasteiger partial charge < -0.3 is 4.18 Å². The van der Waals surface area contributed by atoms with Gasteiger partial charge in [-0.3, -0.25) is 0 Å². The van der Waals surface area contributed by atoms with Gasteiger partial charge in [0.25, 0.3) is 0 Å². The Kier molecular flexibility index (Phi) is 6.69. The van der Waals surface area contributed by atoms with E-state index < -0.39 is 0 Å². The van der Waals surface area contributed by atoms with Crippen molar-refractivity contribution in [3.8, 4) is 0 Å². The van der Waals surface area contributed by atoms with Gasteiger partial charge in [0.2, 0.25) is 0 Å². The first kappa shape index (κ1) is 15.1. The van der Waals surface area contributed by atoms with Crippen molar-refractivity contribution in [2.45, 2.75) is 44.1 Å². The maximum absolute atomic E-state index is 5.66. The number of unbranched alkanes of at least 4 members (excludes halogenated alkanes) is 2. The van der Waals surface area contributed by atoms with Gasteiger partial charge in [-0.25, -0.2) is 0 Å². The molecule has 0 radical (unpaired) electrons. The van der Waals surface area contributed by atoms with Crippen LogP contribution in [0.1, 0.15) is 37.3 Å². The molecule has 0 bridgehead atoms. The second-order valence-corrected chi connectivity index (χ2v) is 5.81. The largest absolute Gasteiger partial charge is 0.305 e. The SMILES string of the molecule is CCCCCc1ccc(COSc2ccccc2)cc1. The molecule has 2 rings (SSSR count). The normalized spacial score (nSPS) is 10.7. The average Bonchev–Trinajstić information content (AvgIpc) is 2.50. The second-order valence-electron chi connectivity index (χ2n) is 4.93. The molecule has 2 aromatic rings. The molecule has 0 unspecified atom stereocenters. The minimum absolute atomic E-state index is 0.648. The molecule has 1 nitrogen and oxygen atoms in total. The van der Waals surface area contributed by atoms with Crippen molar-refractivity contribution < 1.29 is 4.18 Å². The molecular weight excluding hydrogens is 264 g/mol. The molecule has 0 aromatic heterocycles. The lowest BCUT2D eigenvalue weighted by atomic mass is 10.1. The fourth-order valence-corrected chi connectivity index (χ4v) is 2.62. The standard InChI is InChI=1S/C18H22OS/c1-2-3-5-8-16-11-13-17(14-12-16)15-19-20-18-9-6-4-7-10-18/h4,6-7,9-14H,2-3,5,8,15H2,1H3. The first-order chi connectivity index (χ1) is 9.88. The summed E-state index contributed by atoms with van der Waals surface area (Å²) in [4.78, 5) is 1.14. The smallest absolute Gasteiger partial charge is 0.0869 e. The van der Waals surface area contributed by atoms with E-state index in [0.29, 0.717) is 6.61 Å². The Hall–Kier alpha value is -1.25. The summed E-state index contributed by atoms with van der Waals surface area (Å²) < 4.78 is 5.66. The zero-order valence-corrected chi connectivity index (χ0v) is 12.9. The lowest BCUT2D eigenvalue weighted by Crippen LogP contribution is -1.89. The third-order valence-corrected chi connectivity index (χ3v) is 3.92. The Labute approximate surface area is 126 Å². The Morgan fingerprint density at radius 3 is 2.25 bits per heavy atom. The highest BCUT2D eigenvalue weighted by molar-refractivity contribution is 7.94. The van der Waals surface area contributed by atoms with E-state index in [1.807, 2.05) is 18.2 Å². The zero-order chi connectivity index (χ0) is 14.0. The van der Waals surface area contributed by atoms with Crippen molar-refractivity contribution in [1.82, 2.24) is 0 Å². The molecule has 0 heterocycles. The highest BCUT2D eigenvalue weighted by atomic mass is 32.2. The van der Waals surface area contributed by atoms with Crippen molar-refractivity contribution in [3.63, 3.8) is 0 Å². The van der Waals surface area contributed by atoms with Crippen LogP contribution in [0.2, 0.25) is 0 Å². The molecule has 0 amide bonds. The Bertz CT molecular complexity index is 479. The summed E-state index contributed by atoms with van der Waals surface area (Å²) in [6.07, 6.45) is 5.07. The predicted octanol–water partition coefficient (Wildman–Crippen LogP) is 5.64. The number of aryl methyl sites for hydroxylation is 1. The fourth-order valence-electron chi connectivity index (χ4n) is 2.02. The first-order valence-corrected chi connectivity index (χ1v) is 8.05. The molecule has 0 spiro atoms. The molecule has 0 saturated heterocycles. The number of hydrogen-bond donors (Lipinski definition) is 0. The number of benzene rings is 2. The second kappa shape index (κ2) is 8.83. The molecule has 0 saturated carbocycles. The van der Waals surface area contributed by atoms with E-state index in [-0.39, 0.29) is 0 Å². The molecule has 2 heteroatoms. The molecule has 0 fully saturated rings. The molecule has 0 aliphatic heterocycles. The van der Waals surface area contributed by atoms with Gasteiger partial charge in [0.05, 0.1) is 6.61 Å². The van der Waals surface area contributed by atoms with E-state index in [4.69, 9.17) is 4.18 Å². The molecular formula is C18H22OS. The van der Waals surface area contributed by atoms with E-state index in [0.717, 1.165) is 4.90 Å². The van der Waals surface area contributed by atoms with E-state index in [9.17, 15) is 0 Å². The summed E-state index contributed by atoms with van der Waals surface area (Å²) >= 11 is 1.44. The van der Waals surface area contributed by atoms with E-state index in [2.05, 4.69) is 43.3 Å². The highest BCUT2D eigenvalue weighted by Crippen LogP contribution is 2.20. The van der Waals surface area contributed by atoms with Crippen LogP contribution in [0.15, 0.2) is 59.5 Å². The van der Waals surface area contributed by atoms with Crippen molar-refractivity contribution in [1.29, 1.82) is 0 Å².